The van der Waals surface area contributed by atoms with Crippen LogP contribution in [0.25, 0.3) is 0 Å². The van der Waals surface area contributed by atoms with Crippen molar-refractivity contribution in [1.29, 1.82) is 0 Å². The molecule has 0 bridgehead atoms. The van der Waals surface area contributed by atoms with Crippen molar-refractivity contribution >= 4 is 11.8 Å². The van der Waals surface area contributed by atoms with Crippen molar-refractivity contribution in [3.8, 4) is 0 Å². The number of esters is 1. The van der Waals surface area contributed by atoms with Gasteiger partial charge in [0.15, 0.2) is 6.04 Å². The summed E-state index contributed by atoms with van der Waals surface area (Å²) in [4.78, 5) is 18.7. The number of rotatable bonds is 3. The molecule has 4 heteroatoms. The Morgan fingerprint density at radius 3 is 2.85 bits per heavy atom. The zero-order valence-electron chi connectivity index (χ0n) is 11.3. The molecule has 0 N–H and O–H groups in total. The average molecular weight is 268 g/mol. The van der Waals surface area contributed by atoms with Crippen LogP contribution in [0.5, 0.6) is 0 Å². The Morgan fingerprint density at radius 2 is 2.10 bits per heavy atom. The van der Waals surface area contributed by atoms with Gasteiger partial charge in [-0.05, 0) is 24.6 Å². The summed E-state index contributed by atoms with van der Waals surface area (Å²) < 4.78 is 5.16. The maximum atomic E-state index is 12.2. The summed E-state index contributed by atoms with van der Waals surface area (Å²) in [6, 6.07) is 9.29. The second-order valence-electron chi connectivity index (χ2n) is 4.65. The molecule has 0 saturated carbocycles. The minimum atomic E-state index is -0.514. The van der Waals surface area contributed by atoms with Gasteiger partial charge in [-0.15, -0.1) is 0 Å². The van der Waals surface area contributed by atoms with E-state index < -0.39 is 6.04 Å². The molecule has 0 fully saturated rings. The molecule has 2 aliphatic heterocycles. The third-order valence-corrected chi connectivity index (χ3v) is 3.41. The molecule has 2 heterocycles. The van der Waals surface area contributed by atoms with Gasteiger partial charge in [-0.3, -0.25) is 4.99 Å². The maximum absolute atomic E-state index is 12.2. The largest absolute Gasteiger partial charge is 0.464 e. The fourth-order valence-electron chi connectivity index (χ4n) is 2.56. The molecule has 0 aromatic heterocycles. The summed E-state index contributed by atoms with van der Waals surface area (Å²) in [5.41, 5.74) is 1.06. The van der Waals surface area contributed by atoms with Gasteiger partial charge in [0, 0.05) is 6.20 Å². The quantitative estimate of drug-likeness (QED) is 0.791. The smallest absolute Gasteiger partial charge is 0.333 e. The van der Waals surface area contributed by atoms with E-state index in [-0.39, 0.29) is 12.0 Å². The number of allylic oxidation sites excluding steroid dienone is 2. The van der Waals surface area contributed by atoms with E-state index in [1.165, 1.54) is 0 Å². The number of hydrogen-bond donors (Lipinski definition) is 0. The number of benzene rings is 1. The van der Waals surface area contributed by atoms with Crippen LogP contribution in [0, 0.1) is 0 Å². The second-order valence-corrected chi connectivity index (χ2v) is 4.65. The predicted molar refractivity (Wildman–Crippen MR) is 77.2 cm³/mol. The van der Waals surface area contributed by atoms with Crippen LogP contribution in [-0.4, -0.2) is 29.4 Å². The first kappa shape index (κ1) is 12.7. The SMILES string of the molecule is CCOC(=O)[C@@H]1N=C2C=CC=CN2[C@H]1c1ccccc1. The number of aliphatic imine (C=N–C) groups is 1. The van der Waals surface area contributed by atoms with Crippen molar-refractivity contribution in [2.75, 3.05) is 6.61 Å². The summed E-state index contributed by atoms with van der Waals surface area (Å²) in [6.07, 6.45) is 7.73. The highest BCUT2D eigenvalue weighted by Crippen LogP contribution is 2.34. The lowest BCUT2D eigenvalue weighted by atomic mass is 9.99. The molecule has 0 amide bonds. The highest BCUT2D eigenvalue weighted by atomic mass is 16.5. The standard InChI is InChI=1S/C16H16N2O2/c1-2-20-16(19)14-15(12-8-4-3-5-9-12)18-11-7-6-10-13(18)17-14/h3-11,14-15H,2H2,1H3/t14-,15+/m1/s1. The van der Waals surface area contributed by atoms with Crippen LogP contribution in [-0.2, 0) is 9.53 Å². The second kappa shape index (κ2) is 5.33. The van der Waals surface area contributed by atoms with E-state index in [2.05, 4.69) is 4.99 Å². The molecular formula is C16H16N2O2. The maximum Gasteiger partial charge on any atom is 0.333 e. The number of amidine groups is 1. The van der Waals surface area contributed by atoms with Gasteiger partial charge in [0.2, 0.25) is 0 Å². The van der Waals surface area contributed by atoms with Crippen molar-refractivity contribution in [1.82, 2.24) is 4.90 Å². The van der Waals surface area contributed by atoms with Crippen molar-refractivity contribution in [2.45, 2.75) is 19.0 Å². The molecule has 0 unspecified atom stereocenters. The average Bonchev–Trinajstić information content (AvgIpc) is 2.88. The molecule has 3 rings (SSSR count). The van der Waals surface area contributed by atoms with E-state index in [0.717, 1.165) is 11.4 Å². The Bertz CT molecular complexity index is 590. The number of carbonyl (C=O) groups is 1. The van der Waals surface area contributed by atoms with Crippen LogP contribution in [0.1, 0.15) is 18.5 Å². The topological polar surface area (TPSA) is 41.9 Å². The van der Waals surface area contributed by atoms with Gasteiger partial charge in [-0.25, -0.2) is 4.79 Å². The molecule has 1 aromatic carbocycles. The van der Waals surface area contributed by atoms with E-state index in [9.17, 15) is 4.79 Å². The van der Waals surface area contributed by atoms with Gasteiger partial charge in [0.1, 0.15) is 5.84 Å². The zero-order chi connectivity index (χ0) is 13.9. The van der Waals surface area contributed by atoms with Gasteiger partial charge in [0.05, 0.1) is 12.6 Å². The van der Waals surface area contributed by atoms with Crippen LogP contribution in [0.4, 0.5) is 0 Å². The molecule has 4 nitrogen and oxygen atoms in total. The molecule has 102 valence electrons. The first-order valence-corrected chi connectivity index (χ1v) is 6.74. The molecule has 0 radical (unpaired) electrons. The Kier molecular flexibility index (Phi) is 3.37. The van der Waals surface area contributed by atoms with Crippen molar-refractivity contribution in [3.05, 3.63) is 60.3 Å². The molecular weight excluding hydrogens is 252 g/mol. The minimum Gasteiger partial charge on any atom is -0.464 e. The van der Waals surface area contributed by atoms with Crippen LogP contribution >= 0.6 is 0 Å². The van der Waals surface area contributed by atoms with E-state index in [1.807, 2.05) is 66.6 Å². The molecule has 1 aromatic rings. The first-order chi connectivity index (χ1) is 9.81. The number of fused-ring (bicyclic) bond motifs is 1. The van der Waals surface area contributed by atoms with Crippen LogP contribution in [0.3, 0.4) is 0 Å². The van der Waals surface area contributed by atoms with Gasteiger partial charge in [-0.1, -0.05) is 36.4 Å². The number of ether oxygens (including phenoxy) is 1. The number of hydrogen-bond acceptors (Lipinski definition) is 4. The predicted octanol–water partition coefficient (Wildman–Crippen LogP) is 2.46. The summed E-state index contributed by atoms with van der Waals surface area (Å²) in [5, 5.41) is 0. The van der Waals surface area contributed by atoms with Gasteiger partial charge in [0.25, 0.3) is 0 Å². The van der Waals surface area contributed by atoms with Crippen molar-refractivity contribution in [3.63, 3.8) is 0 Å². The van der Waals surface area contributed by atoms with E-state index in [4.69, 9.17) is 4.74 Å². The Balaban J connectivity index is 1.98. The lowest BCUT2D eigenvalue weighted by Crippen LogP contribution is -2.33. The molecule has 0 aliphatic carbocycles. The number of nitrogens with zero attached hydrogens (tertiary/aromatic N) is 2. The van der Waals surface area contributed by atoms with Crippen LogP contribution in [0.2, 0.25) is 0 Å². The lowest BCUT2D eigenvalue weighted by Gasteiger charge is -2.27. The van der Waals surface area contributed by atoms with E-state index >= 15 is 0 Å². The zero-order valence-corrected chi connectivity index (χ0v) is 11.3. The Hall–Kier alpha value is -2.36. The third kappa shape index (κ3) is 2.13. The van der Waals surface area contributed by atoms with Gasteiger partial charge < -0.3 is 9.64 Å². The normalized spacial score (nSPS) is 23.4. The Morgan fingerprint density at radius 1 is 1.30 bits per heavy atom. The highest BCUT2D eigenvalue weighted by molar-refractivity contribution is 5.99. The highest BCUT2D eigenvalue weighted by Gasteiger charge is 2.41. The molecule has 20 heavy (non-hydrogen) atoms. The first-order valence-electron chi connectivity index (χ1n) is 6.74. The van der Waals surface area contributed by atoms with Crippen LogP contribution in [0.15, 0.2) is 59.8 Å². The van der Waals surface area contributed by atoms with Crippen molar-refractivity contribution < 1.29 is 9.53 Å². The van der Waals surface area contributed by atoms with E-state index in [0.29, 0.717) is 6.61 Å². The molecule has 0 spiro atoms. The minimum absolute atomic E-state index is 0.133. The monoisotopic (exact) mass is 268 g/mol. The van der Waals surface area contributed by atoms with Gasteiger partial charge >= 0.3 is 5.97 Å². The van der Waals surface area contributed by atoms with Crippen molar-refractivity contribution in [2.24, 2.45) is 4.99 Å². The number of carbonyl (C=O) groups excluding carboxylic acids is 1. The summed E-state index contributed by atoms with van der Waals surface area (Å²) >= 11 is 0. The van der Waals surface area contributed by atoms with E-state index in [1.54, 1.807) is 0 Å². The summed E-state index contributed by atoms with van der Waals surface area (Å²) in [5.74, 6) is 0.532. The molecule has 2 aliphatic rings. The lowest BCUT2D eigenvalue weighted by molar-refractivity contribution is -0.145. The fourth-order valence-corrected chi connectivity index (χ4v) is 2.56. The van der Waals surface area contributed by atoms with Gasteiger partial charge in [-0.2, -0.15) is 0 Å². The fraction of sp³-hybridized carbons (Fsp3) is 0.250. The third-order valence-electron chi connectivity index (χ3n) is 3.41. The molecule has 2 atom stereocenters. The summed E-state index contributed by atoms with van der Waals surface area (Å²) in [7, 11) is 0. The molecule has 0 saturated heterocycles. The Labute approximate surface area is 118 Å². The summed E-state index contributed by atoms with van der Waals surface area (Å²) in [6.45, 7) is 2.18. The van der Waals surface area contributed by atoms with Crippen LogP contribution < -0.4 is 0 Å².